The van der Waals surface area contributed by atoms with Crippen molar-refractivity contribution in [3.8, 4) is 5.75 Å². The van der Waals surface area contributed by atoms with Crippen LogP contribution in [0.1, 0.15) is 6.42 Å². The summed E-state index contributed by atoms with van der Waals surface area (Å²) < 4.78 is 45.7. The molecule has 126 valence electrons. The maximum Gasteiger partial charge on any atom is 0.422 e. The molecule has 0 bridgehead atoms. The third kappa shape index (κ3) is 8.06. The Morgan fingerprint density at radius 2 is 2.09 bits per heavy atom. The topological polar surface area (TPSA) is 73.6 Å². The average molecular weight is 343 g/mol. The lowest BCUT2D eigenvalue weighted by Gasteiger charge is -2.13. The molecule has 0 aliphatic heterocycles. The quantitative estimate of drug-likeness (QED) is 0.797. The van der Waals surface area contributed by atoms with Crippen molar-refractivity contribution in [1.29, 1.82) is 0 Å². The number of alkyl halides is 3. The minimum atomic E-state index is -4.41. The predicted molar refractivity (Wildman–Crippen MR) is 78.3 cm³/mol. The predicted octanol–water partition coefficient (Wildman–Crippen LogP) is 2.35. The second-order valence-corrected chi connectivity index (χ2v) is 4.28. The lowest BCUT2D eigenvalue weighted by Crippen LogP contribution is -2.28. The summed E-state index contributed by atoms with van der Waals surface area (Å²) in [5, 5.41) is 2.54. The summed E-state index contributed by atoms with van der Waals surface area (Å²) in [5.41, 5.74) is 5.74. The number of amides is 1. The van der Waals surface area contributed by atoms with E-state index in [0.717, 1.165) is 0 Å². The Balaban J connectivity index is 0.00000441. The molecule has 1 atom stereocenters. The molecule has 5 nitrogen and oxygen atoms in total. The number of hydrogen-bond donors (Lipinski definition) is 2. The Bertz CT molecular complexity index is 468. The van der Waals surface area contributed by atoms with Gasteiger partial charge in [0.05, 0.1) is 12.5 Å². The summed E-state index contributed by atoms with van der Waals surface area (Å²) in [6.45, 7) is -1.19. The molecule has 0 saturated heterocycles. The van der Waals surface area contributed by atoms with Gasteiger partial charge < -0.3 is 20.5 Å². The molecule has 0 saturated carbocycles. The average Bonchev–Trinajstić information content (AvgIpc) is 2.42. The van der Waals surface area contributed by atoms with Crippen molar-refractivity contribution in [2.24, 2.45) is 5.73 Å². The van der Waals surface area contributed by atoms with Gasteiger partial charge in [-0.3, -0.25) is 4.79 Å². The zero-order valence-corrected chi connectivity index (χ0v) is 12.7. The first-order valence-electron chi connectivity index (χ1n) is 6.16. The van der Waals surface area contributed by atoms with E-state index in [9.17, 15) is 18.0 Å². The van der Waals surface area contributed by atoms with Gasteiger partial charge in [0, 0.05) is 25.4 Å². The summed E-state index contributed by atoms with van der Waals surface area (Å²) in [4.78, 5) is 11.7. The standard InChI is InChI=1S/C13H17F3N2O3.ClH/c1-20-11(7-17)6-12(19)18-9-3-2-4-10(5-9)21-8-13(14,15)16;/h2-5,11H,6-8,17H2,1H3,(H,18,19);1H. The van der Waals surface area contributed by atoms with Crippen LogP contribution in [0.5, 0.6) is 5.75 Å². The molecule has 0 aromatic heterocycles. The molecule has 1 amide bonds. The second kappa shape index (κ2) is 9.50. The minimum absolute atomic E-state index is 0. The van der Waals surface area contributed by atoms with Crippen LogP contribution >= 0.6 is 12.4 Å². The smallest absolute Gasteiger partial charge is 0.422 e. The highest BCUT2D eigenvalue weighted by atomic mass is 35.5. The Labute approximate surface area is 132 Å². The van der Waals surface area contributed by atoms with Crippen LogP contribution in [-0.4, -0.2) is 38.4 Å². The van der Waals surface area contributed by atoms with Gasteiger partial charge in [-0.05, 0) is 12.1 Å². The fourth-order valence-electron chi connectivity index (χ4n) is 1.51. The molecular formula is C13H18ClF3N2O3. The highest BCUT2D eigenvalue weighted by Gasteiger charge is 2.28. The van der Waals surface area contributed by atoms with Crippen molar-refractivity contribution in [3.63, 3.8) is 0 Å². The van der Waals surface area contributed by atoms with Gasteiger partial charge >= 0.3 is 6.18 Å². The molecule has 1 aromatic carbocycles. The van der Waals surface area contributed by atoms with Gasteiger partial charge in [0.1, 0.15) is 5.75 Å². The lowest BCUT2D eigenvalue weighted by atomic mass is 10.2. The van der Waals surface area contributed by atoms with Crippen LogP contribution in [0.25, 0.3) is 0 Å². The molecule has 1 rings (SSSR count). The van der Waals surface area contributed by atoms with E-state index in [2.05, 4.69) is 10.1 Å². The third-order valence-corrected chi connectivity index (χ3v) is 2.53. The Hall–Kier alpha value is -1.51. The van der Waals surface area contributed by atoms with Gasteiger partial charge in [0.2, 0.25) is 5.91 Å². The Morgan fingerprint density at radius 1 is 1.41 bits per heavy atom. The number of halogens is 4. The summed E-state index contributed by atoms with van der Waals surface area (Å²) in [5.74, 6) is -0.326. The molecule has 22 heavy (non-hydrogen) atoms. The van der Waals surface area contributed by atoms with Gasteiger partial charge in [-0.1, -0.05) is 6.07 Å². The van der Waals surface area contributed by atoms with Crippen molar-refractivity contribution in [2.75, 3.05) is 25.6 Å². The van der Waals surface area contributed by atoms with Gasteiger partial charge in [-0.25, -0.2) is 0 Å². The largest absolute Gasteiger partial charge is 0.484 e. The Morgan fingerprint density at radius 3 is 2.64 bits per heavy atom. The molecule has 3 N–H and O–H groups in total. The normalized spacial score (nSPS) is 12.2. The molecular weight excluding hydrogens is 325 g/mol. The number of hydrogen-bond acceptors (Lipinski definition) is 4. The molecule has 9 heteroatoms. The second-order valence-electron chi connectivity index (χ2n) is 4.28. The van der Waals surface area contributed by atoms with Crippen molar-refractivity contribution >= 4 is 24.0 Å². The highest BCUT2D eigenvalue weighted by molar-refractivity contribution is 5.91. The van der Waals surface area contributed by atoms with Gasteiger partial charge in [-0.2, -0.15) is 13.2 Å². The number of benzene rings is 1. The molecule has 0 aliphatic rings. The fourth-order valence-corrected chi connectivity index (χ4v) is 1.51. The van der Waals surface area contributed by atoms with Crippen LogP contribution < -0.4 is 15.8 Å². The maximum absolute atomic E-state index is 12.1. The molecule has 0 heterocycles. The monoisotopic (exact) mass is 342 g/mol. The summed E-state index contributed by atoms with van der Waals surface area (Å²) in [7, 11) is 1.44. The van der Waals surface area contributed by atoms with E-state index >= 15 is 0 Å². The number of nitrogens with one attached hydrogen (secondary N) is 1. The SMILES string of the molecule is COC(CN)CC(=O)Nc1cccc(OCC(F)(F)F)c1.Cl. The number of ether oxygens (including phenoxy) is 2. The van der Waals surface area contributed by atoms with E-state index in [1.165, 1.54) is 25.3 Å². The fraction of sp³-hybridized carbons (Fsp3) is 0.462. The molecule has 1 unspecified atom stereocenters. The third-order valence-electron chi connectivity index (χ3n) is 2.53. The maximum atomic E-state index is 12.1. The van der Waals surface area contributed by atoms with Gasteiger partial charge in [0.15, 0.2) is 6.61 Å². The highest BCUT2D eigenvalue weighted by Crippen LogP contribution is 2.21. The van der Waals surface area contributed by atoms with E-state index in [1.54, 1.807) is 6.07 Å². The Kier molecular flexibility index (Phi) is 8.84. The van der Waals surface area contributed by atoms with Crippen LogP contribution in [0.3, 0.4) is 0 Å². The van der Waals surface area contributed by atoms with Crippen LogP contribution in [0.2, 0.25) is 0 Å². The number of carbonyl (C=O) groups excluding carboxylic acids is 1. The van der Waals surface area contributed by atoms with E-state index in [1.807, 2.05) is 0 Å². The van der Waals surface area contributed by atoms with E-state index < -0.39 is 18.9 Å². The molecule has 0 aliphatic carbocycles. The molecule has 0 spiro atoms. The first-order chi connectivity index (χ1) is 9.84. The number of methoxy groups -OCH3 is 1. The van der Waals surface area contributed by atoms with Crippen molar-refractivity contribution in [1.82, 2.24) is 0 Å². The van der Waals surface area contributed by atoms with E-state index in [0.29, 0.717) is 5.69 Å². The summed E-state index contributed by atoms with van der Waals surface area (Å²) in [6.07, 6.45) is -4.76. The lowest BCUT2D eigenvalue weighted by molar-refractivity contribution is -0.153. The number of anilines is 1. The first kappa shape index (κ1) is 20.5. The minimum Gasteiger partial charge on any atom is -0.484 e. The number of nitrogens with two attached hydrogens (primary N) is 1. The van der Waals surface area contributed by atoms with Crippen LogP contribution in [0.4, 0.5) is 18.9 Å². The first-order valence-corrected chi connectivity index (χ1v) is 6.16. The number of carbonyl (C=O) groups is 1. The van der Waals surface area contributed by atoms with Gasteiger partial charge in [-0.15, -0.1) is 12.4 Å². The summed E-state index contributed by atoms with van der Waals surface area (Å²) in [6, 6.07) is 5.72. The van der Waals surface area contributed by atoms with Crippen LogP contribution in [-0.2, 0) is 9.53 Å². The zero-order chi connectivity index (χ0) is 15.9. The van der Waals surface area contributed by atoms with Crippen LogP contribution in [0, 0.1) is 0 Å². The van der Waals surface area contributed by atoms with Crippen molar-refractivity contribution in [3.05, 3.63) is 24.3 Å². The molecule has 1 aromatic rings. The van der Waals surface area contributed by atoms with E-state index in [4.69, 9.17) is 10.5 Å². The van der Waals surface area contributed by atoms with Crippen molar-refractivity contribution < 1.29 is 27.4 Å². The number of rotatable bonds is 7. The van der Waals surface area contributed by atoms with Crippen LogP contribution in [0.15, 0.2) is 24.3 Å². The molecule has 0 radical (unpaired) electrons. The van der Waals surface area contributed by atoms with Gasteiger partial charge in [0.25, 0.3) is 0 Å². The molecule has 0 fully saturated rings. The van der Waals surface area contributed by atoms with Crippen molar-refractivity contribution in [2.45, 2.75) is 18.7 Å². The van der Waals surface area contributed by atoms with E-state index in [-0.39, 0.29) is 37.0 Å². The zero-order valence-electron chi connectivity index (χ0n) is 11.9. The summed E-state index contributed by atoms with van der Waals surface area (Å²) >= 11 is 0.